The molecular formula is C29H34ClN5OS. The van der Waals surface area contributed by atoms with E-state index in [1.165, 1.54) is 17.3 Å². The summed E-state index contributed by atoms with van der Waals surface area (Å²) in [5, 5.41) is 4.06. The molecule has 6 nitrogen and oxygen atoms in total. The molecule has 37 heavy (non-hydrogen) atoms. The number of thioether (sulfide) groups is 1. The molecule has 4 rings (SSSR count). The number of carbonyl (C=O) groups is 1. The van der Waals surface area contributed by atoms with E-state index in [4.69, 9.17) is 16.6 Å². The summed E-state index contributed by atoms with van der Waals surface area (Å²) in [7, 11) is 0. The third kappa shape index (κ3) is 8.59. The number of carbonyl (C=O) groups excluding carboxylic acids is 1. The van der Waals surface area contributed by atoms with Crippen LogP contribution in [0.25, 0.3) is 6.08 Å². The van der Waals surface area contributed by atoms with Gasteiger partial charge in [0.15, 0.2) is 5.16 Å². The van der Waals surface area contributed by atoms with Crippen molar-refractivity contribution in [1.29, 1.82) is 0 Å². The number of hydrogen-bond acceptors (Lipinski definition) is 6. The lowest BCUT2D eigenvalue weighted by atomic mass is 10.1. The zero-order chi connectivity index (χ0) is 26.0. The summed E-state index contributed by atoms with van der Waals surface area (Å²) < 4.78 is 0. The van der Waals surface area contributed by atoms with Gasteiger partial charge in [-0.05, 0) is 29.2 Å². The number of amides is 1. The highest BCUT2D eigenvalue weighted by Gasteiger charge is 2.19. The molecule has 0 unspecified atom stereocenters. The van der Waals surface area contributed by atoms with Crippen LogP contribution >= 0.6 is 23.4 Å². The van der Waals surface area contributed by atoms with E-state index >= 15 is 0 Å². The fraction of sp³-hybridized carbons (Fsp3) is 0.345. The minimum Gasteiger partial charge on any atom is -0.354 e. The molecule has 194 valence electrons. The van der Waals surface area contributed by atoms with Gasteiger partial charge in [-0.3, -0.25) is 9.69 Å². The van der Waals surface area contributed by atoms with Gasteiger partial charge in [0.05, 0.1) is 0 Å². The van der Waals surface area contributed by atoms with Crippen LogP contribution in [0, 0.1) is 5.92 Å². The van der Waals surface area contributed by atoms with Crippen LogP contribution < -0.4 is 10.2 Å². The Morgan fingerprint density at radius 3 is 2.59 bits per heavy atom. The van der Waals surface area contributed by atoms with Crippen LogP contribution in [0.3, 0.4) is 0 Å². The highest BCUT2D eigenvalue weighted by molar-refractivity contribution is 7.98. The molecule has 0 bridgehead atoms. The molecule has 2 aromatic carbocycles. The summed E-state index contributed by atoms with van der Waals surface area (Å²) in [4.78, 5) is 26.3. The van der Waals surface area contributed by atoms with Gasteiger partial charge in [-0.25, -0.2) is 9.97 Å². The molecule has 0 aliphatic carbocycles. The van der Waals surface area contributed by atoms with Crippen LogP contribution in [-0.4, -0.2) is 60.0 Å². The van der Waals surface area contributed by atoms with Crippen molar-refractivity contribution in [2.75, 3.05) is 44.2 Å². The number of piperazine rings is 1. The lowest BCUT2D eigenvalue weighted by Gasteiger charge is -2.35. The van der Waals surface area contributed by atoms with Crippen LogP contribution in [0.1, 0.15) is 35.3 Å². The van der Waals surface area contributed by atoms with E-state index in [-0.39, 0.29) is 5.91 Å². The smallest absolute Gasteiger partial charge is 0.251 e. The van der Waals surface area contributed by atoms with Crippen LogP contribution in [0.2, 0.25) is 5.15 Å². The summed E-state index contributed by atoms with van der Waals surface area (Å²) in [5.74, 6) is 1.89. The number of benzene rings is 2. The first-order chi connectivity index (χ1) is 18.0. The summed E-state index contributed by atoms with van der Waals surface area (Å²) in [6.45, 7) is 9.48. The molecule has 2 heterocycles. The topological polar surface area (TPSA) is 61.4 Å². The second-order valence-corrected chi connectivity index (χ2v) is 10.9. The van der Waals surface area contributed by atoms with E-state index in [9.17, 15) is 4.79 Å². The molecule has 0 atom stereocenters. The largest absolute Gasteiger partial charge is 0.354 e. The SMILES string of the molecule is CC(C)CNC(=O)c1cccc(CSc2nc(Cl)cc(N3CCN(C/C=C/c4ccccc4)CC3)n2)c1. The van der Waals surface area contributed by atoms with E-state index in [0.29, 0.717) is 34.1 Å². The van der Waals surface area contributed by atoms with Crippen molar-refractivity contribution in [2.24, 2.45) is 5.92 Å². The van der Waals surface area contributed by atoms with Crippen molar-refractivity contribution in [3.05, 3.63) is 88.6 Å². The molecule has 1 amide bonds. The first-order valence-corrected chi connectivity index (χ1v) is 14.1. The van der Waals surface area contributed by atoms with Crippen LogP contribution in [0.5, 0.6) is 0 Å². The average molecular weight is 536 g/mol. The van der Waals surface area contributed by atoms with Gasteiger partial charge in [0.1, 0.15) is 11.0 Å². The third-order valence-electron chi connectivity index (χ3n) is 6.06. The Bertz CT molecular complexity index is 1200. The predicted molar refractivity (Wildman–Crippen MR) is 154 cm³/mol. The summed E-state index contributed by atoms with van der Waals surface area (Å²) in [6, 6.07) is 19.9. The van der Waals surface area contributed by atoms with Crippen LogP contribution in [0.4, 0.5) is 5.82 Å². The second kappa shape index (κ2) is 13.6. The van der Waals surface area contributed by atoms with E-state index < -0.39 is 0 Å². The van der Waals surface area contributed by atoms with Crippen molar-refractivity contribution in [3.63, 3.8) is 0 Å². The van der Waals surface area contributed by atoms with Crippen molar-refractivity contribution in [1.82, 2.24) is 20.2 Å². The molecule has 1 fully saturated rings. The molecule has 1 N–H and O–H groups in total. The maximum Gasteiger partial charge on any atom is 0.251 e. The molecule has 1 aliphatic rings. The molecule has 0 radical (unpaired) electrons. The fourth-order valence-corrected chi connectivity index (χ4v) is 5.05. The zero-order valence-electron chi connectivity index (χ0n) is 21.4. The summed E-state index contributed by atoms with van der Waals surface area (Å²) >= 11 is 7.90. The van der Waals surface area contributed by atoms with Crippen molar-refractivity contribution in [3.8, 4) is 0 Å². The van der Waals surface area contributed by atoms with Gasteiger partial charge < -0.3 is 10.2 Å². The Morgan fingerprint density at radius 1 is 1.05 bits per heavy atom. The van der Waals surface area contributed by atoms with Gasteiger partial charge in [0.25, 0.3) is 5.91 Å². The lowest BCUT2D eigenvalue weighted by molar-refractivity contribution is 0.0949. The minimum absolute atomic E-state index is 0.0449. The van der Waals surface area contributed by atoms with Crippen LogP contribution in [-0.2, 0) is 5.75 Å². The van der Waals surface area contributed by atoms with Gasteiger partial charge in [-0.1, -0.05) is 91.8 Å². The van der Waals surface area contributed by atoms with Gasteiger partial charge in [0, 0.05) is 56.7 Å². The molecule has 1 aliphatic heterocycles. The number of hydrogen-bond donors (Lipinski definition) is 1. The fourth-order valence-electron chi connectivity index (χ4n) is 4.02. The van der Waals surface area contributed by atoms with Crippen molar-refractivity contribution in [2.45, 2.75) is 24.8 Å². The first kappa shape index (κ1) is 27.2. The monoisotopic (exact) mass is 535 g/mol. The zero-order valence-corrected chi connectivity index (χ0v) is 23.0. The van der Waals surface area contributed by atoms with Gasteiger partial charge in [-0.2, -0.15) is 0 Å². The Kier molecular flexibility index (Phi) is 9.99. The number of aromatic nitrogens is 2. The quantitative estimate of drug-likeness (QED) is 0.206. The highest BCUT2D eigenvalue weighted by atomic mass is 35.5. The Morgan fingerprint density at radius 2 is 1.84 bits per heavy atom. The standard InChI is InChI=1S/C29H34ClN5OS/c1-22(2)20-31-28(36)25-12-6-10-24(18-25)21-37-29-32-26(30)19-27(33-29)35-16-14-34(15-17-35)13-7-11-23-8-4-3-5-9-23/h3-12,18-19,22H,13-17,20-21H2,1-2H3,(H,31,36)/b11-7+. The average Bonchev–Trinajstić information content (AvgIpc) is 2.91. The molecule has 1 saturated heterocycles. The van der Waals surface area contributed by atoms with Crippen molar-refractivity contribution < 1.29 is 4.79 Å². The van der Waals surface area contributed by atoms with Crippen LogP contribution in [0.15, 0.2) is 71.9 Å². The number of rotatable bonds is 10. The van der Waals surface area contributed by atoms with Gasteiger partial charge in [-0.15, -0.1) is 0 Å². The van der Waals surface area contributed by atoms with E-state index in [0.717, 1.165) is 44.1 Å². The molecule has 1 aromatic heterocycles. The maximum absolute atomic E-state index is 12.4. The maximum atomic E-state index is 12.4. The minimum atomic E-state index is -0.0449. The van der Waals surface area contributed by atoms with Gasteiger partial charge in [0.2, 0.25) is 0 Å². The number of nitrogens with zero attached hydrogens (tertiary/aromatic N) is 4. The predicted octanol–water partition coefficient (Wildman–Crippen LogP) is 5.64. The highest BCUT2D eigenvalue weighted by Crippen LogP contribution is 2.25. The lowest BCUT2D eigenvalue weighted by Crippen LogP contribution is -2.46. The van der Waals surface area contributed by atoms with Crippen molar-refractivity contribution >= 4 is 41.2 Å². The summed E-state index contributed by atoms with van der Waals surface area (Å²) in [6.07, 6.45) is 4.40. The van der Waals surface area contributed by atoms with E-state index in [1.54, 1.807) is 0 Å². The number of anilines is 1. The van der Waals surface area contributed by atoms with E-state index in [1.807, 2.05) is 36.4 Å². The Hall–Kier alpha value is -2.87. The molecule has 0 spiro atoms. The molecular weight excluding hydrogens is 502 g/mol. The second-order valence-electron chi connectivity index (χ2n) is 9.53. The molecule has 8 heteroatoms. The normalized spacial score (nSPS) is 14.4. The summed E-state index contributed by atoms with van der Waals surface area (Å²) in [5.41, 5.74) is 2.94. The Labute approximate surface area is 229 Å². The third-order valence-corrected chi connectivity index (χ3v) is 7.17. The molecule has 3 aromatic rings. The molecule has 0 saturated carbocycles. The Balaban J connectivity index is 1.30. The number of nitrogens with one attached hydrogen (secondary N) is 1. The van der Waals surface area contributed by atoms with E-state index in [2.05, 4.69) is 70.4 Å². The van der Waals surface area contributed by atoms with Gasteiger partial charge >= 0.3 is 0 Å². The first-order valence-electron chi connectivity index (χ1n) is 12.7. The number of halogens is 1.